The number of hydrogen-bond acceptors (Lipinski definition) is 3. The van der Waals surface area contributed by atoms with Crippen LogP contribution in [-0.2, 0) is 0 Å². The van der Waals surface area contributed by atoms with Gasteiger partial charge in [0.15, 0.2) is 0 Å². The Labute approximate surface area is 120 Å². The van der Waals surface area contributed by atoms with Crippen molar-refractivity contribution in [1.29, 1.82) is 0 Å². The Morgan fingerprint density at radius 2 is 2.12 bits per heavy atom. The predicted molar refractivity (Wildman–Crippen MR) is 73.1 cm³/mol. The van der Waals surface area contributed by atoms with Gasteiger partial charge in [-0.05, 0) is 28.4 Å². The van der Waals surface area contributed by atoms with Crippen molar-refractivity contribution in [2.75, 3.05) is 13.1 Å². The van der Waals surface area contributed by atoms with E-state index in [1.807, 2.05) is 6.07 Å². The quantitative estimate of drug-likeness (QED) is 0.899. The highest BCUT2D eigenvalue weighted by molar-refractivity contribution is 9.10. The van der Waals surface area contributed by atoms with E-state index in [2.05, 4.69) is 26.2 Å². The fourth-order valence-corrected chi connectivity index (χ4v) is 3.24. The molecule has 17 heavy (non-hydrogen) atoms. The lowest BCUT2D eigenvalue weighted by Gasteiger charge is -2.48. The summed E-state index contributed by atoms with van der Waals surface area (Å²) in [6.45, 7) is 2.12. The number of aromatic nitrogens is 1. The van der Waals surface area contributed by atoms with E-state index in [0.29, 0.717) is 28.8 Å². The first-order chi connectivity index (χ1) is 7.74. The Bertz CT molecular complexity index is 404. The first kappa shape index (κ1) is 13.4. The molecule has 1 aliphatic heterocycles. The predicted octanol–water partition coefficient (Wildman–Crippen LogP) is 2.91. The third kappa shape index (κ3) is 2.55. The van der Waals surface area contributed by atoms with Crippen molar-refractivity contribution in [3.63, 3.8) is 0 Å². The maximum absolute atomic E-state index is 5.95. The minimum atomic E-state index is 0. The smallest absolute Gasteiger partial charge is 0.228 e. The number of rotatable bonds is 2. The highest BCUT2D eigenvalue weighted by Crippen LogP contribution is 2.40. The second-order valence-corrected chi connectivity index (χ2v) is 5.73. The number of fused-ring (bicyclic) bond motifs is 2. The van der Waals surface area contributed by atoms with Gasteiger partial charge in [-0.3, -0.25) is 0 Å². The Morgan fingerprint density at radius 1 is 1.41 bits per heavy atom. The maximum Gasteiger partial charge on any atom is 0.228 e. The maximum atomic E-state index is 5.95. The average Bonchev–Trinajstić information content (AvgIpc) is 2.28. The molecule has 0 amide bonds. The minimum Gasteiger partial charge on any atom is -0.473 e. The van der Waals surface area contributed by atoms with Crippen molar-refractivity contribution in [1.82, 2.24) is 10.3 Å². The lowest BCUT2D eigenvalue weighted by molar-refractivity contribution is -0.0474. The number of ether oxygens (including phenoxy) is 1. The van der Waals surface area contributed by atoms with Crippen molar-refractivity contribution < 1.29 is 4.74 Å². The summed E-state index contributed by atoms with van der Waals surface area (Å²) in [5, 5.41) is 4.01. The summed E-state index contributed by atoms with van der Waals surface area (Å²) in [5.41, 5.74) is 0. The molecule has 0 aromatic carbocycles. The molecular weight excluding hydrogens is 327 g/mol. The summed E-state index contributed by atoms with van der Waals surface area (Å²) < 4.78 is 6.78. The Balaban J connectivity index is 0.00000108. The molecule has 6 heteroatoms. The average molecular weight is 340 g/mol. The molecule has 1 N–H and O–H groups in total. The second-order valence-electron chi connectivity index (χ2n) is 4.44. The van der Waals surface area contributed by atoms with Crippen molar-refractivity contribution in [3.8, 4) is 5.88 Å². The number of piperidine rings is 2. The van der Waals surface area contributed by atoms with Gasteiger partial charge in [-0.1, -0.05) is 11.6 Å². The molecule has 94 valence electrons. The number of hydrogen-bond donors (Lipinski definition) is 1. The molecule has 2 bridgehead atoms. The van der Waals surface area contributed by atoms with Crippen LogP contribution < -0.4 is 10.1 Å². The molecule has 0 spiro atoms. The summed E-state index contributed by atoms with van der Waals surface area (Å²) in [4.78, 5) is 4.21. The van der Waals surface area contributed by atoms with Gasteiger partial charge in [0.1, 0.15) is 6.10 Å². The van der Waals surface area contributed by atoms with Gasteiger partial charge in [-0.15, -0.1) is 12.4 Å². The first-order valence-corrected chi connectivity index (χ1v) is 6.59. The van der Waals surface area contributed by atoms with Gasteiger partial charge in [0, 0.05) is 31.1 Å². The molecule has 1 saturated heterocycles. The van der Waals surface area contributed by atoms with E-state index in [4.69, 9.17) is 16.3 Å². The van der Waals surface area contributed by atoms with Crippen molar-refractivity contribution >= 4 is 39.9 Å². The van der Waals surface area contributed by atoms with Gasteiger partial charge in [0.2, 0.25) is 5.88 Å². The molecule has 3 nitrogen and oxygen atoms in total. The fourth-order valence-electron chi connectivity index (χ4n) is 2.51. The summed E-state index contributed by atoms with van der Waals surface area (Å²) in [6, 6.07) is 1.82. The molecule has 2 aliphatic rings. The zero-order chi connectivity index (χ0) is 11.1. The van der Waals surface area contributed by atoms with Gasteiger partial charge in [0.05, 0.1) is 9.50 Å². The molecule has 2 fully saturated rings. The summed E-state index contributed by atoms with van der Waals surface area (Å²) in [5.74, 6) is 1.94. The number of nitrogens with one attached hydrogen (secondary N) is 1. The van der Waals surface area contributed by atoms with E-state index >= 15 is 0 Å². The molecule has 2 heterocycles. The van der Waals surface area contributed by atoms with E-state index in [9.17, 15) is 0 Å². The van der Waals surface area contributed by atoms with E-state index in [1.165, 1.54) is 6.42 Å². The zero-order valence-electron chi connectivity index (χ0n) is 9.03. The van der Waals surface area contributed by atoms with Crippen molar-refractivity contribution in [2.45, 2.75) is 12.5 Å². The van der Waals surface area contributed by atoms with E-state index in [0.717, 1.165) is 17.6 Å². The van der Waals surface area contributed by atoms with Gasteiger partial charge in [0.25, 0.3) is 0 Å². The van der Waals surface area contributed by atoms with Crippen LogP contribution in [0.25, 0.3) is 0 Å². The van der Waals surface area contributed by atoms with Gasteiger partial charge >= 0.3 is 0 Å². The van der Waals surface area contributed by atoms with Crippen LogP contribution in [0.4, 0.5) is 0 Å². The monoisotopic (exact) mass is 338 g/mol. The standard InChI is InChI=1S/C11H12BrClN2O.ClH/c12-9-2-8(13)5-15-11(9)16-10-6-1-7(10)4-14-3-6;/h2,5-7,10,14H,1,3-4H2;1H/t6-,7+,10?;. The molecule has 1 aliphatic carbocycles. The second kappa shape index (κ2) is 5.31. The van der Waals surface area contributed by atoms with Gasteiger partial charge in [-0.25, -0.2) is 4.98 Å². The Hall–Kier alpha value is -0.0300. The van der Waals surface area contributed by atoms with Crippen LogP contribution in [0, 0.1) is 11.8 Å². The van der Waals surface area contributed by atoms with Crippen LogP contribution in [0.2, 0.25) is 5.02 Å². The van der Waals surface area contributed by atoms with Gasteiger partial charge < -0.3 is 10.1 Å². The lowest BCUT2D eigenvalue weighted by atomic mass is 9.69. The van der Waals surface area contributed by atoms with Crippen LogP contribution in [0.1, 0.15) is 6.42 Å². The topological polar surface area (TPSA) is 34.1 Å². The van der Waals surface area contributed by atoms with Gasteiger partial charge in [-0.2, -0.15) is 0 Å². The largest absolute Gasteiger partial charge is 0.473 e. The molecule has 1 saturated carbocycles. The molecule has 1 aromatic rings. The SMILES string of the molecule is Cl.Clc1cnc(OC2[C@@H]3CNC[C@H]2C3)c(Br)c1. The van der Waals surface area contributed by atoms with Crippen molar-refractivity contribution in [2.24, 2.45) is 11.8 Å². The summed E-state index contributed by atoms with van der Waals surface area (Å²) >= 11 is 9.26. The molecule has 3 rings (SSSR count). The van der Waals surface area contributed by atoms with E-state index < -0.39 is 0 Å². The molecule has 1 unspecified atom stereocenters. The summed E-state index contributed by atoms with van der Waals surface area (Å²) in [7, 11) is 0. The summed E-state index contributed by atoms with van der Waals surface area (Å²) in [6.07, 6.45) is 3.23. The lowest BCUT2D eigenvalue weighted by Crippen LogP contribution is -2.59. The third-order valence-electron chi connectivity index (χ3n) is 3.37. The van der Waals surface area contributed by atoms with Crippen LogP contribution >= 0.6 is 39.9 Å². The van der Waals surface area contributed by atoms with Crippen molar-refractivity contribution in [3.05, 3.63) is 21.8 Å². The Kier molecular flexibility index (Phi) is 4.18. The molecule has 0 radical (unpaired) electrons. The normalized spacial score (nSPS) is 30.1. The first-order valence-electron chi connectivity index (χ1n) is 5.42. The Morgan fingerprint density at radius 3 is 2.71 bits per heavy atom. The number of nitrogens with zero attached hydrogens (tertiary/aromatic N) is 1. The van der Waals surface area contributed by atoms with Crippen LogP contribution in [0.3, 0.4) is 0 Å². The molecule has 3 atom stereocenters. The number of halogens is 3. The highest BCUT2D eigenvalue weighted by Gasteiger charge is 2.45. The van der Waals surface area contributed by atoms with E-state index in [-0.39, 0.29) is 12.4 Å². The third-order valence-corrected chi connectivity index (χ3v) is 4.14. The minimum absolute atomic E-state index is 0. The fraction of sp³-hybridized carbons (Fsp3) is 0.545. The van der Waals surface area contributed by atoms with Crippen LogP contribution in [0.5, 0.6) is 5.88 Å². The van der Waals surface area contributed by atoms with Crippen LogP contribution in [-0.4, -0.2) is 24.2 Å². The molecular formula is C11H13BrCl2N2O. The van der Waals surface area contributed by atoms with E-state index in [1.54, 1.807) is 6.20 Å². The number of pyridine rings is 1. The molecule has 1 aromatic heterocycles. The zero-order valence-corrected chi connectivity index (χ0v) is 12.2. The highest BCUT2D eigenvalue weighted by atomic mass is 79.9. The van der Waals surface area contributed by atoms with Crippen LogP contribution in [0.15, 0.2) is 16.7 Å².